The predicted molar refractivity (Wildman–Crippen MR) is 62.9 cm³/mol. The van der Waals surface area contributed by atoms with Crippen molar-refractivity contribution in [1.29, 1.82) is 0 Å². The Hall–Kier alpha value is -1.32. The molecule has 0 rings (SSSR count). The molecule has 4 heteroatoms. The van der Waals surface area contributed by atoms with Gasteiger partial charge in [-0.2, -0.15) is 0 Å². The summed E-state index contributed by atoms with van der Waals surface area (Å²) in [5.74, 6) is -0.394. The lowest BCUT2D eigenvalue weighted by Gasteiger charge is -2.07. The zero-order valence-electron chi connectivity index (χ0n) is 10.2. The van der Waals surface area contributed by atoms with E-state index in [4.69, 9.17) is 4.74 Å². The monoisotopic (exact) mass is 227 g/mol. The highest BCUT2D eigenvalue weighted by Crippen LogP contribution is 2.02. The van der Waals surface area contributed by atoms with Gasteiger partial charge in [-0.1, -0.05) is 19.9 Å². The topological polar surface area (TPSA) is 55.4 Å². The number of carbonyl (C=O) groups excluding carboxylic acids is 2. The molecule has 1 N–H and O–H groups in total. The van der Waals surface area contributed by atoms with Gasteiger partial charge in [0.15, 0.2) is 0 Å². The van der Waals surface area contributed by atoms with Crippen LogP contribution in [0.25, 0.3) is 0 Å². The van der Waals surface area contributed by atoms with Crippen molar-refractivity contribution in [1.82, 2.24) is 5.32 Å². The van der Waals surface area contributed by atoms with E-state index in [1.54, 1.807) is 0 Å². The molecule has 0 saturated carbocycles. The maximum Gasteiger partial charge on any atom is 0.302 e. The molecule has 0 aromatic carbocycles. The summed E-state index contributed by atoms with van der Waals surface area (Å²) in [6.07, 6.45) is 3.23. The SMILES string of the molecule is C=C(CCCOC(C)=O)C(=O)NCCCC. The highest BCUT2D eigenvalue weighted by Gasteiger charge is 2.05. The van der Waals surface area contributed by atoms with Crippen LogP contribution in [0.5, 0.6) is 0 Å². The molecule has 16 heavy (non-hydrogen) atoms. The minimum Gasteiger partial charge on any atom is -0.466 e. The van der Waals surface area contributed by atoms with Crippen LogP contribution in [0.2, 0.25) is 0 Å². The summed E-state index contributed by atoms with van der Waals surface area (Å²) in [4.78, 5) is 21.9. The van der Waals surface area contributed by atoms with Crippen molar-refractivity contribution in [2.45, 2.75) is 39.5 Å². The van der Waals surface area contributed by atoms with Crippen molar-refractivity contribution >= 4 is 11.9 Å². The number of unbranched alkanes of at least 4 members (excludes halogenated alkanes) is 1. The number of hydrogen-bond acceptors (Lipinski definition) is 3. The number of nitrogens with one attached hydrogen (secondary N) is 1. The van der Waals surface area contributed by atoms with Crippen molar-refractivity contribution < 1.29 is 14.3 Å². The molecular formula is C12H21NO3. The summed E-state index contributed by atoms with van der Waals surface area (Å²) in [6.45, 7) is 8.17. The first-order valence-electron chi connectivity index (χ1n) is 5.67. The van der Waals surface area contributed by atoms with E-state index in [2.05, 4.69) is 18.8 Å². The molecule has 0 bridgehead atoms. The van der Waals surface area contributed by atoms with Crippen molar-refractivity contribution in [2.75, 3.05) is 13.2 Å². The minimum atomic E-state index is -0.294. The summed E-state index contributed by atoms with van der Waals surface area (Å²) in [6, 6.07) is 0. The van der Waals surface area contributed by atoms with E-state index in [1.165, 1.54) is 6.92 Å². The molecule has 0 spiro atoms. The highest BCUT2D eigenvalue weighted by atomic mass is 16.5. The molecule has 0 aromatic rings. The third-order valence-corrected chi connectivity index (χ3v) is 2.07. The van der Waals surface area contributed by atoms with Gasteiger partial charge < -0.3 is 10.1 Å². The Labute approximate surface area is 97.1 Å². The molecule has 0 fully saturated rings. The van der Waals surface area contributed by atoms with E-state index >= 15 is 0 Å². The Morgan fingerprint density at radius 1 is 1.31 bits per heavy atom. The van der Waals surface area contributed by atoms with Gasteiger partial charge in [0.2, 0.25) is 5.91 Å². The summed E-state index contributed by atoms with van der Waals surface area (Å²) in [7, 11) is 0. The fourth-order valence-corrected chi connectivity index (χ4v) is 1.12. The Balaban J connectivity index is 3.55. The molecule has 0 aromatic heterocycles. The Kier molecular flexibility index (Phi) is 8.21. The number of hydrogen-bond donors (Lipinski definition) is 1. The first-order chi connectivity index (χ1) is 7.57. The quantitative estimate of drug-likeness (QED) is 0.391. The molecule has 4 nitrogen and oxygen atoms in total. The van der Waals surface area contributed by atoms with Gasteiger partial charge in [0.25, 0.3) is 0 Å². The average molecular weight is 227 g/mol. The standard InChI is InChI=1S/C12H21NO3/c1-4-5-8-13-12(15)10(2)7-6-9-16-11(3)14/h2,4-9H2,1,3H3,(H,13,15). The number of carbonyl (C=O) groups is 2. The molecule has 0 saturated heterocycles. The molecule has 92 valence electrons. The van der Waals surface area contributed by atoms with Crippen LogP contribution >= 0.6 is 0 Å². The van der Waals surface area contributed by atoms with Crippen LogP contribution in [0, 0.1) is 0 Å². The summed E-state index contributed by atoms with van der Waals surface area (Å²) < 4.78 is 4.76. The summed E-state index contributed by atoms with van der Waals surface area (Å²) in [5, 5.41) is 2.79. The normalized spacial score (nSPS) is 9.62. The Morgan fingerprint density at radius 3 is 2.56 bits per heavy atom. The lowest BCUT2D eigenvalue weighted by molar-refractivity contribution is -0.141. The van der Waals surface area contributed by atoms with Crippen LogP contribution in [0.1, 0.15) is 39.5 Å². The van der Waals surface area contributed by atoms with E-state index < -0.39 is 0 Å². The van der Waals surface area contributed by atoms with E-state index in [0.717, 1.165) is 12.8 Å². The van der Waals surface area contributed by atoms with Gasteiger partial charge in [-0.05, 0) is 19.3 Å². The second kappa shape index (κ2) is 8.95. The van der Waals surface area contributed by atoms with Crippen LogP contribution in [0.3, 0.4) is 0 Å². The van der Waals surface area contributed by atoms with E-state index in [9.17, 15) is 9.59 Å². The molecule has 0 aliphatic carbocycles. The average Bonchev–Trinajstić information content (AvgIpc) is 2.24. The second-order valence-corrected chi connectivity index (χ2v) is 3.66. The van der Waals surface area contributed by atoms with Gasteiger partial charge in [-0.3, -0.25) is 9.59 Å². The molecule has 0 radical (unpaired) electrons. The third-order valence-electron chi connectivity index (χ3n) is 2.07. The molecule has 0 heterocycles. The number of esters is 1. The lowest BCUT2D eigenvalue weighted by atomic mass is 10.1. The van der Waals surface area contributed by atoms with Gasteiger partial charge in [0.05, 0.1) is 6.61 Å². The lowest BCUT2D eigenvalue weighted by Crippen LogP contribution is -2.25. The molecule has 0 aliphatic heterocycles. The molecule has 0 atom stereocenters. The van der Waals surface area contributed by atoms with E-state index in [1.807, 2.05) is 0 Å². The van der Waals surface area contributed by atoms with Gasteiger partial charge in [0, 0.05) is 19.0 Å². The van der Waals surface area contributed by atoms with E-state index in [0.29, 0.717) is 31.6 Å². The first kappa shape index (κ1) is 14.7. The zero-order valence-corrected chi connectivity index (χ0v) is 10.2. The Morgan fingerprint density at radius 2 is 2.00 bits per heavy atom. The summed E-state index contributed by atoms with van der Waals surface area (Å²) >= 11 is 0. The van der Waals surface area contributed by atoms with Crippen LogP contribution < -0.4 is 5.32 Å². The number of rotatable bonds is 8. The van der Waals surface area contributed by atoms with Gasteiger partial charge in [-0.25, -0.2) is 0 Å². The molecular weight excluding hydrogens is 206 g/mol. The first-order valence-corrected chi connectivity index (χ1v) is 5.67. The van der Waals surface area contributed by atoms with Crippen molar-refractivity contribution in [3.05, 3.63) is 12.2 Å². The molecule has 0 unspecified atom stereocenters. The maximum atomic E-state index is 11.4. The molecule has 0 aliphatic rings. The van der Waals surface area contributed by atoms with Gasteiger partial charge >= 0.3 is 5.97 Å². The largest absolute Gasteiger partial charge is 0.466 e. The van der Waals surface area contributed by atoms with Crippen LogP contribution in [0.4, 0.5) is 0 Å². The highest BCUT2D eigenvalue weighted by molar-refractivity contribution is 5.92. The predicted octanol–water partition coefficient (Wildman–Crippen LogP) is 1.80. The Bertz CT molecular complexity index is 249. The smallest absolute Gasteiger partial charge is 0.302 e. The number of ether oxygens (including phenoxy) is 1. The fourth-order valence-electron chi connectivity index (χ4n) is 1.12. The van der Waals surface area contributed by atoms with Crippen molar-refractivity contribution in [3.63, 3.8) is 0 Å². The number of amides is 1. The minimum absolute atomic E-state index is 0.101. The van der Waals surface area contributed by atoms with Crippen LogP contribution in [0.15, 0.2) is 12.2 Å². The van der Waals surface area contributed by atoms with Gasteiger partial charge in [-0.15, -0.1) is 0 Å². The van der Waals surface area contributed by atoms with Gasteiger partial charge in [0.1, 0.15) is 0 Å². The van der Waals surface area contributed by atoms with Crippen molar-refractivity contribution in [3.8, 4) is 0 Å². The zero-order chi connectivity index (χ0) is 12.4. The molecule has 1 amide bonds. The second-order valence-electron chi connectivity index (χ2n) is 3.66. The maximum absolute atomic E-state index is 11.4. The van der Waals surface area contributed by atoms with Crippen LogP contribution in [-0.4, -0.2) is 25.0 Å². The summed E-state index contributed by atoms with van der Waals surface area (Å²) in [5.41, 5.74) is 0.545. The van der Waals surface area contributed by atoms with E-state index in [-0.39, 0.29) is 11.9 Å². The van der Waals surface area contributed by atoms with Crippen LogP contribution in [-0.2, 0) is 14.3 Å². The van der Waals surface area contributed by atoms with Crippen molar-refractivity contribution in [2.24, 2.45) is 0 Å². The fraction of sp³-hybridized carbons (Fsp3) is 0.667. The third kappa shape index (κ3) is 8.03.